The van der Waals surface area contributed by atoms with Gasteiger partial charge in [-0.3, -0.25) is 9.79 Å². The summed E-state index contributed by atoms with van der Waals surface area (Å²) in [5, 5.41) is 0.897. The lowest BCUT2D eigenvalue weighted by atomic mass is 10.1. The third-order valence-corrected chi connectivity index (χ3v) is 3.70. The minimum absolute atomic E-state index is 0.0237. The summed E-state index contributed by atoms with van der Waals surface area (Å²) < 4.78 is 0. The molecule has 0 bridgehead atoms. The molecule has 2 aliphatic rings. The summed E-state index contributed by atoms with van der Waals surface area (Å²) in [5.74, 6) is -0.0237. The van der Waals surface area contributed by atoms with Crippen LogP contribution in [0.4, 0.5) is 5.69 Å². The van der Waals surface area contributed by atoms with Crippen molar-refractivity contribution in [1.29, 1.82) is 0 Å². The Morgan fingerprint density at radius 1 is 1.35 bits per heavy atom. The van der Waals surface area contributed by atoms with Crippen LogP contribution in [0.3, 0.4) is 0 Å². The lowest BCUT2D eigenvalue weighted by Gasteiger charge is -2.19. The Labute approximate surface area is 109 Å². The van der Waals surface area contributed by atoms with Gasteiger partial charge in [0.25, 0.3) is 5.91 Å². The van der Waals surface area contributed by atoms with Gasteiger partial charge in [0.05, 0.1) is 22.3 Å². The second-order valence-electron chi connectivity index (χ2n) is 4.27. The van der Waals surface area contributed by atoms with Crippen molar-refractivity contribution >= 4 is 41.0 Å². The van der Waals surface area contributed by atoms with Crippen molar-refractivity contribution in [3.8, 4) is 0 Å². The van der Waals surface area contributed by atoms with Gasteiger partial charge < -0.3 is 4.90 Å². The van der Waals surface area contributed by atoms with E-state index >= 15 is 0 Å². The van der Waals surface area contributed by atoms with Crippen LogP contribution in [0.2, 0.25) is 10.0 Å². The third kappa shape index (κ3) is 1.74. The number of fused-ring (bicyclic) bond motifs is 2. The fourth-order valence-electron chi connectivity index (χ4n) is 2.38. The highest BCUT2D eigenvalue weighted by Crippen LogP contribution is 2.36. The summed E-state index contributed by atoms with van der Waals surface area (Å²) in [6.45, 7) is 0.777. The Morgan fingerprint density at radius 2 is 2.18 bits per heavy atom. The monoisotopic (exact) mass is 268 g/mol. The van der Waals surface area contributed by atoms with Gasteiger partial charge in [-0.05, 0) is 25.0 Å². The van der Waals surface area contributed by atoms with Crippen LogP contribution in [0, 0.1) is 0 Å². The minimum Gasteiger partial charge on any atom is -0.331 e. The first-order valence-electron chi connectivity index (χ1n) is 5.51. The molecule has 0 saturated carbocycles. The summed E-state index contributed by atoms with van der Waals surface area (Å²) in [7, 11) is 0. The topological polar surface area (TPSA) is 32.7 Å². The van der Waals surface area contributed by atoms with E-state index in [0.29, 0.717) is 21.3 Å². The van der Waals surface area contributed by atoms with Gasteiger partial charge in [-0.1, -0.05) is 23.2 Å². The first-order valence-corrected chi connectivity index (χ1v) is 6.26. The number of rotatable bonds is 0. The van der Waals surface area contributed by atoms with E-state index in [-0.39, 0.29) is 11.9 Å². The molecule has 1 saturated heterocycles. The Morgan fingerprint density at radius 3 is 3.00 bits per heavy atom. The molecule has 0 unspecified atom stereocenters. The van der Waals surface area contributed by atoms with E-state index < -0.39 is 0 Å². The number of amides is 1. The zero-order valence-corrected chi connectivity index (χ0v) is 10.5. The molecule has 0 aromatic heterocycles. The molecule has 2 aliphatic heterocycles. The van der Waals surface area contributed by atoms with Crippen molar-refractivity contribution in [1.82, 2.24) is 4.90 Å². The van der Waals surface area contributed by atoms with Crippen molar-refractivity contribution in [3.05, 3.63) is 27.7 Å². The molecule has 2 heterocycles. The van der Waals surface area contributed by atoms with E-state index in [1.54, 1.807) is 12.1 Å². The normalized spacial score (nSPS) is 22.4. The molecule has 1 aromatic rings. The maximum absolute atomic E-state index is 12.4. The number of halogens is 2. The zero-order chi connectivity index (χ0) is 12.0. The lowest BCUT2D eigenvalue weighted by molar-refractivity contribution is 0.0775. The molecule has 3 rings (SSSR count). The molecule has 0 N–H and O–H groups in total. The second-order valence-corrected chi connectivity index (χ2v) is 5.11. The molecular weight excluding hydrogens is 259 g/mol. The van der Waals surface area contributed by atoms with Gasteiger partial charge in [0.15, 0.2) is 0 Å². The van der Waals surface area contributed by atoms with Crippen LogP contribution in [0.1, 0.15) is 23.2 Å². The molecule has 0 spiro atoms. The maximum atomic E-state index is 12.4. The highest BCUT2D eigenvalue weighted by Gasteiger charge is 2.32. The second kappa shape index (κ2) is 4.00. The van der Waals surface area contributed by atoms with Gasteiger partial charge in [-0.25, -0.2) is 0 Å². The highest BCUT2D eigenvalue weighted by molar-refractivity contribution is 6.37. The van der Waals surface area contributed by atoms with Crippen LogP contribution in [0.15, 0.2) is 17.1 Å². The first kappa shape index (κ1) is 11.1. The van der Waals surface area contributed by atoms with Crippen LogP contribution >= 0.6 is 23.2 Å². The summed E-state index contributed by atoms with van der Waals surface area (Å²) in [5.41, 5.74) is 1.04. The molecule has 1 atom stereocenters. The molecule has 1 aromatic carbocycles. The fraction of sp³-hybridized carbons (Fsp3) is 0.333. The van der Waals surface area contributed by atoms with Gasteiger partial charge in [-0.2, -0.15) is 0 Å². The van der Waals surface area contributed by atoms with Crippen molar-refractivity contribution in [2.24, 2.45) is 4.99 Å². The standard InChI is InChI=1S/C12H10Cl2N2O/c13-7-4-9-11(10(14)5-7)15-6-8-2-1-3-16(8)12(9)17/h4-6,8H,1-3H2/t8-/m0/s1. The largest absolute Gasteiger partial charge is 0.331 e. The van der Waals surface area contributed by atoms with Crippen LogP contribution in [0.25, 0.3) is 0 Å². The summed E-state index contributed by atoms with van der Waals surface area (Å²) >= 11 is 12.0. The van der Waals surface area contributed by atoms with E-state index in [4.69, 9.17) is 23.2 Å². The number of benzene rings is 1. The molecule has 1 amide bonds. The van der Waals surface area contributed by atoms with Crippen molar-refractivity contribution < 1.29 is 4.79 Å². The summed E-state index contributed by atoms with van der Waals surface area (Å²) in [4.78, 5) is 18.5. The Bertz CT molecular complexity index is 527. The molecule has 0 aliphatic carbocycles. The predicted octanol–water partition coefficient (Wildman–Crippen LogP) is 3.31. The van der Waals surface area contributed by atoms with Crippen molar-refractivity contribution in [2.75, 3.05) is 6.54 Å². The molecule has 88 valence electrons. The number of hydrogen-bond donors (Lipinski definition) is 0. The van der Waals surface area contributed by atoms with Crippen LogP contribution in [-0.2, 0) is 0 Å². The van der Waals surface area contributed by atoms with Gasteiger partial charge >= 0.3 is 0 Å². The Hall–Kier alpha value is -1.06. The molecule has 5 heteroatoms. The summed E-state index contributed by atoms with van der Waals surface area (Å²) in [6, 6.07) is 3.36. The van der Waals surface area contributed by atoms with Gasteiger partial charge in [-0.15, -0.1) is 0 Å². The SMILES string of the molecule is O=C1c2cc(Cl)cc(Cl)c2N=C[C@@H]2CCCN12. The molecule has 17 heavy (non-hydrogen) atoms. The number of carbonyl (C=O) groups is 1. The van der Waals surface area contributed by atoms with E-state index in [2.05, 4.69) is 4.99 Å². The average molecular weight is 269 g/mol. The van der Waals surface area contributed by atoms with Gasteiger partial charge in [0, 0.05) is 17.8 Å². The highest BCUT2D eigenvalue weighted by atomic mass is 35.5. The fourth-order valence-corrected chi connectivity index (χ4v) is 2.92. The summed E-state index contributed by atoms with van der Waals surface area (Å²) in [6.07, 6.45) is 3.80. The third-order valence-electron chi connectivity index (χ3n) is 3.19. The lowest BCUT2D eigenvalue weighted by Crippen LogP contribution is -2.35. The van der Waals surface area contributed by atoms with E-state index in [9.17, 15) is 4.79 Å². The average Bonchev–Trinajstić information content (AvgIpc) is 2.69. The van der Waals surface area contributed by atoms with Crippen LogP contribution < -0.4 is 0 Å². The van der Waals surface area contributed by atoms with Gasteiger partial charge in [0.2, 0.25) is 0 Å². The van der Waals surface area contributed by atoms with Crippen LogP contribution in [-0.4, -0.2) is 29.6 Å². The van der Waals surface area contributed by atoms with E-state index in [1.807, 2.05) is 11.1 Å². The van der Waals surface area contributed by atoms with Gasteiger partial charge in [0.1, 0.15) is 0 Å². The first-order chi connectivity index (χ1) is 8.16. The minimum atomic E-state index is -0.0237. The molecule has 1 fully saturated rings. The number of nitrogens with zero attached hydrogens (tertiary/aromatic N) is 2. The smallest absolute Gasteiger partial charge is 0.256 e. The van der Waals surface area contributed by atoms with E-state index in [0.717, 1.165) is 19.4 Å². The Balaban J connectivity index is 2.18. The number of aliphatic imine (C=N–C) groups is 1. The predicted molar refractivity (Wildman–Crippen MR) is 68.7 cm³/mol. The maximum Gasteiger partial charge on any atom is 0.256 e. The zero-order valence-electron chi connectivity index (χ0n) is 8.99. The number of hydrogen-bond acceptors (Lipinski definition) is 2. The number of carbonyl (C=O) groups excluding carboxylic acids is 1. The quantitative estimate of drug-likeness (QED) is 0.711. The van der Waals surface area contributed by atoms with Crippen molar-refractivity contribution in [3.63, 3.8) is 0 Å². The van der Waals surface area contributed by atoms with Crippen molar-refractivity contribution in [2.45, 2.75) is 18.9 Å². The molecule has 3 nitrogen and oxygen atoms in total. The van der Waals surface area contributed by atoms with Crippen LogP contribution in [0.5, 0.6) is 0 Å². The molecular formula is C12H10Cl2N2O. The molecule has 0 radical (unpaired) electrons. The van der Waals surface area contributed by atoms with E-state index in [1.165, 1.54) is 0 Å². The Kier molecular flexibility index (Phi) is 2.60.